The van der Waals surface area contributed by atoms with Crippen molar-refractivity contribution in [2.45, 2.75) is 6.61 Å². The predicted molar refractivity (Wildman–Crippen MR) is 62.2 cm³/mol. The lowest BCUT2D eigenvalue weighted by Crippen LogP contribution is -1.93. The highest BCUT2D eigenvalue weighted by molar-refractivity contribution is 9.10. The maximum absolute atomic E-state index is 5.93. The molecule has 0 fully saturated rings. The number of hydrogen-bond acceptors (Lipinski definition) is 2. The SMILES string of the molecule is Clc1ccccc1OCc1ccc(Br)o1. The quantitative estimate of drug-likeness (QED) is 0.841. The zero-order chi connectivity index (χ0) is 10.7. The first kappa shape index (κ1) is 10.6. The average molecular weight is 288 g/mol. The first-order valence-corrected chi connectivity index (χ1v) is 5.54. The van der Waals surface area contributed by atoms with Gasteiger partial charge in [0.05, 0.1) is 5.02 Å². The molecule has 78 valence electrons. The fraction of sp³-hybridized carbons (Fsp3) is 0.0909. The molecule has 0 aliphatic heterocycles. The van der Waals surface area contributed by atoms with Gasteiger partial charge < -0.3 is 9.15 Å². The van der Waals surface area contributed by atoms with Gasteiger partial charge in [-0.3, -0.25) is 0 Å². The van der Waals surface area contributed by atoms with Crippen LogP contribution in [0.1, 0.15) is 5.76 Å². The Morgan fingerprint density at radius 2 is 2.00 bits per heavy atom. The second-order valence-electron chi connectivity index (χ2n) is 2.92. The molecule has 2 rings (SSSR count). The van der Waals surface area contributed by atoms with Gasteiger partial charge in [-0.25, -0.2) is 0 Å². The molecule has 0 saturated carbocycles. The second kappa shape index (κ2) is 4.73. The summed E-state index contributed by atoms with van der Waals surface area (Å²) in [5.41, 5.74) is 0. The molecule has 1 heterocycles. The Hall–Kier alpha value is -0.930. The van der Waals surface area contributed by atoms with Crippen molar-refractivity contribution in [1.82, 2.24) is 0 Å². The zero-order valence-corrected chi connectivity index (χ0v) is 10.1. The maximum Gasteiger partial charge on any atom is 0.169 e. The topological polar surface area (TPSA) is 22.4 Å². The maximum atomic E-state index is 5.93. The summed E-state index contributed by atoms with van der Waals surface area (Å²) >= 11 is 9.16. The van der Waals surface area contributed by atoms with E-state index in [1.165, 1.54) is 0 Å². The molecule has 0 N–H and O–H groups in total. The van der Waals surface area contributed by atoms with E-state index < -0.39 is 0 Å². The molecule has 2 aromatic rings. The minimum absolute atomic E-state index is 0.370. The van der Waals surface area contributed by atoms with Gasteiger partial charge in [-0.1, -0.05) is 23.7 Å². The minimum atomic E-state index is 0.370. The summed E-state index contributed by atoms with van der Waals surface area (Å²) in [6.07, 6.45) is 0. The van der Waals surface area contributed by atoms with Crippen molar-refractivity contribution in [3.05, 3.63) is 51.9 Å². The number of hydrogen-bond donors (Lipinski definition) is 0. The van der Waals surface area contributed by atoms with Gasteiger partial charge in [0.25, 0.3) is 0 Å². The van der Waals surface area contributed by atoms with Gasteiger partial charge in [-0.2, -0.15) is 0 Å². The van der Waals surface area contributed by atoms with Crippen LogP contribution in [0.2, 0.25) is 5.02 Å². The molecule has 1 aromatic heterocycles. The van der Waals surface area contributed by atoms with Crippen LogP contribution in [0, 0.1) is 0 Å². The van der Waals surface area contributed by atoms with E-state index in [2.05, 4.69) is 15.9 Å². The van der Waals surface area contributed by atoms with E-state index in [-0.39, 0.29) is 0 Å². The first-order chi connectivity index (χ1) is 7.25. The number of furan rings is 1. The van der Waals surface area contributed by atoms with Crippen LogP contribution in [-0.4, -0.2) is 0 Å². The van der Waals surface area contributed by atoms with Crippen LogP contribution in [0.4, 0.5) is 0 Å². The average Bonchev–Trinajstić information content (AvgIpc) is 2.63. The van der Waals surface area contributed by atoms with Crippen molar-refractivity contribution >= 4 is 27.5 Å². The molecule has 4 heteroatoms. The van der Waals surface area contributed by atoms with Crippen LogP contribution in [-0.2, 0) is 6.61 Å². The van der Waals surface area contributed by atoms with Gasteiger partial charge in [0, 0.05) is 0 Å². The third-order valence-electron chi connectivity index (χ3n) is 1.84. The number of ether oxygens (including phenoxy) is 1. The summed E-state index contributed by atoms with van der Waals surface area (Å²) in [5, 5.41) is 0.600. The van der Waals surface area contributed by atoms with E-state index in [0.717, 1.165) is 5.76 Å². The molecule has 0 aliphatic rings. The van der Waals surface area contributed by atoms with E-state index in [1.807, 2.05) is 30.3 Å². The molecule has 0 saturated heterocycles. The molecule has 0 bridgehead atoms. The van der Waals surface area contributed by atoms with Crippen LogP contribution < -0.4 is 4.74 Å². The van der Waals surface area contributed by atoms with Crippen LogP contribution in [0.5, 0.6) is 5.75 Å². The van der Waals surface area contributed by atoms with E-state index in [9.17, 15) is 0 Å². The Labute approximate surface area is 101 Å². The van der Waals surface area contributed by atoms with Crippen molar-refractivity contribution in [2.24, 2.45) is 0 Å². The Morgan fingerprint density at radius 3 is 2.67 bits per heavy atom. The Balaban J connectivity index is 2.02. The van der Waals surface area contributed by atoms with E-state index >= 15 is 0 Å². The lowest BCUT2D eigenvalue weighted by molar-refractivity contribution is 0.268. The summed E-state index contributed by atoms with van der Waals surface area (Å²) in [7, 11) is 0. The van der Waals surface area contributed by atoms with Crippen LogP contribution in [0.15, 0.2) is 45.5 Å². The standard InChI is InChI=1S/C11H8BrClO2/c12-11-6-5-8(15-11)7-14-10-4-2-1-3-9(10)13/h1-6H,7H2. The highest BCUT2D eigenvalue weighted by atomic mass is 79.9. The number of rotatable bonds is 3. The molecular formula is C11H8BrClO2. The van der Waals surface area contributed by atoms with Gasteiger partial charge in [-0.15, -0.1) is 0 Å². The van der Waals surface area contributed by atoms with Crippen molar-refractivity contribution in [2.75, 3.05) is 0 Å². The fourth-order valence-corrected chi connectivity index (χ4v) is 1.67. The number of para-hydroxylation sites is 1. The van der Waals surface area contributed by atoms with Crippen LogP contribution in [0.25, 0.3) is 0 Å². The van der Waals surface area contributed by atoms with Crippen LogP contribution >= 0.6 is 27.5 Å². The molecule has 1 aromatic carbocycles. The monoisotopic (exact) mass is 286 g/mol. The van der Waals surface area contributed by atoms with Crippen LogP contribution in [0.3, 0.4) is 0 Å². The van der Waals surface area contributed by atoms with Crippen molar-refractivity contribution < 1.29 is 9.15 Å². The summed E-state index contributed by atoms with van der Waals surface area (Å²) < 4.78 is 11.5. The largest absolute Gasteiger partial charge is 0.484 e. The molecule has 15 heavy (non-hydrogen) atoms. The predicted octanol–water partition coefficient (Wildman–Crippen LogP) is 4.27. The third-order valence-corrected chi connectivity index (χ3v) is 2.57. The van der Waals surface area contributed by atoms with Crippen molar-refractivity contribution in [1.29, 1.82) is 0 Å². The summed E-state index contributed by atoms with van der Waals surface area (Å²) in [5.74, 6) is 1.41. The Bertz CT molecular complexity index is 453. The molecule has 0 atom stereocenters. The summed E-state index contributed by atoms with van der Waals surface area (Å²) in [4.78, 5) is 0. The van der Waals surface area contributed by atoms with Crippen molar-refractivity contribution in [3.8, 4) is 5.75 Å². The first-order valence-electron chi connectivity index (χ1n) is 4.37. The smallest absolute Gasteiger partial charge is 0.169 e. The highest BCUT2D eigenvalue weighted by Gasteiger charge is 2.03. The number of halogens is 2. The molecule has 0 radical (unpaired) electrons. The third kappa shape index (κ3) is 2.76. The van der Waals surface area contributed by atoms with Gasteiger partial charge in [-0.05, 0) is 40.2 Å². The Kier molecular flexibility index (Phi) is 3.34. The molecular weight excluding hydrogens is 279 g/mol. The van der Waals surface area contributed by atoms with E-state index in [4.69, 9.17) is 20.8 Å². The molecule has 2 nitrogen and oxygen atoms in total. The van der Waals surface area contributed by atoms with Gasteiger partial charge in [0.15, 0.2) is 4.67 Å². The summed E-state index contributed by atoms with van der Waals surface area (Å²) in [6.45, 7) is 0.370. The minimum Gasteiger partial charge on any atom is -0.484 e. The van der Waals surface area contributed by atoms with Gasteiger partial charge >= 0.3 is 0 Å². The zero-order valence-electron chi connectivity index (χ0n) is 7.74. The van der Waals surface area contributed by atoms with E-state index in [1.54, 1.807) is 6.07 Å². The lowest BCUT2D eigenvalue weighted by Gasteiger charge is -2.05. The Morgan fingerprint density at radius 1 is 1.20 bits per heavy atom. The molecule has 0 unspecified atom stereocenters. The van der Waals surface area contributed by atoms with Gasteiger partial charge in [0.1, 0.15) is 18.1 Å². The number of benzene rings is 1. The molecule has 0 amide bonds. The normalized spacial score (nSPS) is 10.3. The second-order valence-corrected chi connectivity index (χ2v) is 4.11. The molecule has 0 spiro atoms. The lowest BCUT2D eigenvalue weighted by atomic mass is 10.3. The van der Waals surface area contributed by atoms with E-state index in [0.29, 0.717) is 22.0 Å². The fourth-order valence-electron chi connectivity index (χ4n) is 1.14. The highest BCUT2D eigenvalue weighted by Crippen LogP contribution is 2.24. The van der Waals surface area contributed by atoms with Crippen molar-refractivity contribution in [3.63, 3.8) is 0 Å². The summed E-state index contributed by atoms with van der Waals surface area (Å²) in [6, 6.07) is 11.0. The van der Waals surface area contributed by atoms with Gasteiger partial charge in [0.2, 0.25) is 0 Å². The molecule has 0 aliphatic carbocycles.